The van der Waals surface area contributed by atoms with Crippen molar-refractivity contribution in [3.8, 4) is 0 Å². The van der Waals surface area contributed by atoms with Gasteiger partial charge in [-0.15, -0.1) is 0 Å². The summed E-state index contributed by atoms with van der Waals surface area (Å²) in [4.78, 5) is 0. The summed E-state index contributed by atoms with van der Waals surface area (Å²) in [7, 11) is 1.85. The minimum atomic E-state index is 0.114. The van der Waals surface area contributed by atoms with Crippen LogP contribution in [0.25, 0.3) is 0 Å². The van der Waals surface area contributed by atoms with Crippen LogP contribution in [0.4, 0.5) is 0 Å². The highest BCUT2D eigenvalue weighted by Crippen LogP contribution is 2.35. The van der Waals surface area contributed by atoms with Gasteiger partial charge in [-0.1, -0.05) is 18.2 Å². The summed E-state index contributed by atoms with van der Waals surface area (Å²) in [6, 6.07) is 7.49. The van der Waals surface area contributed by atoms with Crippen LogP contribution in [0.2, 0.25) is 0 Å². The molecule has 0 aliphatic heterocycles. The number of rotatable bonds is 5. The molecule has 1 N–H and O–H groups in total. The normalized spacial score (nSPS) is 21.9. The van der Waals surface area contributed by atoms with E-state index in [2.05, 4.69) is 30.4 Å². The molecule has 20 heavy (non-hydrogen) atoms. The minimum absolute atomic E-state index is 0.114. The van der Waals surface area contributed by atoms with Gasteiger partial charge in [-0.2, -0.15) is 0 Å². The second kappa shape index (κ2) is 5.87. The fraction of sp³-hybridized carbons (Fsp3) is 0.667. The van der Waals surface area contributed by atoms with Crippen LogP contribution in [0.1, 0.15) is 61.8 Å². The lowest BCUT2D eigenvalue weighted by molar-refractivity contribution is -0.0706. The third-order valence-electron chi connectivity index (χ3n) is 5.30. The van der Waals surface area contributed by atoms with E-state index in [-0.39, 0.29) is 5.60 Å². The number of hydrogen-bond acceptors (Lipinski definition) is 2. The Bertz CT molecular complexity index is 459. The Kier molecular flexibility index (Phi) is 4.13. The summed E-state index contributed by atoms with van der Waals surface area (Å²) < 4.78 is 5.69. The smallest absolute Gasteiger partial charge is 0.0802 e. The SMILES string of the molecule is COC1(CNC(C)c2ccc3c(c2)CCCC3)CCC1. The van der Waals surface area contributed by atoms with Crippen molar-refractivity contribution < 1.29 is 4.74 Å². The summed E-state index contributed by atoms with van der Waals surface area (Å²) in [6.07, 6.45) is 8.95. The third kappa shape index (κ3) is 2.77. The molecule has 1 aromatic carbocycles. The van der Waals surface area contributed by atoms with Gasteiger partial charge in [0.1, 0.15) is 0 Å². The standard InChI is InChI=1S/C18H27NO/c1-14(19-13-18(20-2)10-5-11-18)16-9-8-15-6-3-4-7-17(15)12-16/h8-9,12,14,19H,3-7,10-11,13H2,1-2H3. The Morgan fingerprint density at radius 2 is 1.90 bits per heavy atom. The molecular formula is C18H27NO. The molecular weight excluding hydrogens is 246 g/mol. The van der Waals surface area contributed by atoms with Crippen LogP contribution >= 0.6 is 0 Å². The Morgan fingerprint density at radius 1 is 1.15 bits per heavy atom. The molecule has 2 aliphatic carbocycles. The molecule has 2 heteroatoms. The molecule has 0 heterocycles. The highest BCUT2D eigenvalue weighted by atomic mass is 16.5. The number of ether oxygens (including phenoxy) is 1. The van der Waals surface area contributed by atoms with Gasteiger partial charge in [0.2, 0.25) is 0 Å². The van der Waals surface area contributed by atoms with Crippen molar-refractivity contribution in [2.75, 3.05) is 13.7 Å². The summed E-state index contributed by atoms with van der Waals surface area (Å²) in [5, 5.41) is 3.67. The van der Waals surface area contributed by atoms with E-state index in [1.165, 1.54) is 50.5 Å². The Hall–Kier alpha value is -0.860. The van der Waals surface area contributed by atoms with Gasteiger partial charge in [0.05, 0.1) is 5.60 Å². The van der Waals surface area contributed by atoms with Gasteiger partial charge in [-0.3, -0.25) is 0 Å². The number of benzene rings is 1. The van der Waals surface area contributed by atoms with E-state index in [0.717, 1.165) is 6.54 Å². The highest BCUT2D eigenvalue weighted by molar-refractivity contribution is 5.35. The van der Waals surface area contributed by atoms with Crippen LogP contribution in [-0.2, 0) is 17.6 Å². The van der Waals surface area contributed by atoms with Crippen molar-refractivity contribution in [1.82, 2.24) is 5.32 Å². The van der Waals surface area contributed by atoms with Gasteiger partial charge in [0.25, 0.3) is 0 Å². The average molecular weight is 273 g/mol. The van der Waals surface area contributed by atoms with E-state index in [4.69, 9.17) is 4.74 Å². The topological polar surface area (TPSA) is 21.3 Å². The van der Waals surface area contributed by atoms with Crippen LogP contribution in [0.3, 0.4) is 0 Å². The molecule has 0 saturated heterocycles. The van der Waals surface area contributed by atoms with Crippen molar-refractivity contribution in [2.24, 2.45) is 0 Å². The number of fused-ring (bicyclic) bond motifs is 1. The molecule has 1 atom stereocenters. The van der Waals surface area contributed by atoms with E-state index < -0.39 is 0 Å². The predicted molar refractivity (Wildman–Crippen MR) is 83.1 cm³/mol. The first-order valence-electron chi connectivity index (χ1n) is 8.13. The second-order valence-corrected chi connectivity index (χ2v) is 6.58. The summed E-state index contributed by atoms with van der Waals surface area (Å²) in [6.45, 7) is 3.24. The van der Waals surface area contributed by atoms with Crippen LogP contribution in [0, 0.1) is 0 Å². The molecule has 110 valence electrons. The van der Waals surface area contributed by atoms with Crippen molar-refractivity contribution in [2.45, 2.75) is 63.5 Å². The van der Waals surface area contributed by atoms with E-state index in [1.54, 1.807) is 11.1 Å². The van der Waals surface area contributed by atoms with E-state index in [0.29, 0.717) is 6.04 Å². The molecule has 2 aliphatic rings. The fourth-order valence-electron chi connectivity index (χ4n) is 3.50. The first-order chi connectivity index (χ1) is 9.72. The maximum atomic E-state index is 5.69. The quantitative estimate of drug-likeness (QED) is 0.881. The van der Waals surface area contributed by atoms with Crippen molar-refractivity contribution in [1.29, 1.82) is 0 Å². The van der Waals surface area contributed by atoms with Crippen LogP contribution < -0.4 is 5.32 Å². The molecule has 2 nitrogen and oxygen atoms in total. The lowest BCUT2D eigenvalue weighted by atomic mass is 9.79. The zero-order chi connectivity index (χ0) is 14.0. The lowest BCUT2D eigenvalue weighted by Gasteiger charge is -2.41. The molecule has 3 rings (SSSR count). The minimum Gasteiger partial charge on any atom is -0.377 e. The van der Waals surface area contributed by atoms with Gasteiger partial charge in [-0.05, 0) is 68.6 Å². The zero-order valence-corrected chi connectivity index (χ0v) is 12.9. The highest BCUT2D eigenvalue weighted by Gasteiger charge is 2.36. The lowest BCUT2D eigenvalue weighted by Crippen LogP contribution is -2.48. The van der Waals surface area contributed by atoms with E-state index in [9.17, 15) is 0 Å². The van der Waals surface area contributed by atoms with Crippen LogP contribution in [-0.4, -0.2) is 19.3 Å². The van der Waals surface area contributed by atoms with Gasteiger partial charge in [-0.25, -0.2) is 0 Å². The summed E-state index contributed by atoms with van der Waals surface area (Å²) in [5.74, 6) is 0. The molecule has 0 aromatic heterocycles. The zero-order valence-electron chi connectivity index (χ0n) is 12.9. The van der Waals surface area contributed by atoms with E-state index >= 15 is 0 Å². The summed E-state index contributed by atoms with van der Waals surface area (Å²) >= 11 is 0. The van der Waals surface area contributed by atoms with Crippen molar-refractivity contribution in [3.05, 3.63) is 34.9 Å². The first-order valence-corrected chi connectivity index (χ1v) is 8.13. The van der Waals surface area contributed by atoms with Crippen LogP contribution in [0.15, 0.2) is 18.2 Å². The molecule has 0 bridgehead atoms. The Morgan fingerprint density at radius 3 is 2.55 bits per heavy atom. The number of nitrogens with one attached hydrogen (secondary N) is 1. The number of hydrogen-bond donors (Lipinski definition) is 1. The molecule has 0 spiro atoms. The summed E-state index contributed by atoms with van der Waals surface area (Å²) in [5.41, 5.74) is 4.69. The van der Waals surface area contributed by atoms with Gasteiger partial charge in [0, 0.05) is 19.7 Å². The third-order valence-corrected chi connectivity index (χ3v) is 5.30. The van der Waals surface area contributed by atoms with Gasteiger partial charge < -0.3 is 10.1 Å². The monoisotopic (exact) mass is 273 g/mol. The molecule has 0 amide bonds. The maximum absolute atomic E-state index is 5.69. The number of aryl methyl sites for hydroxylation is 2. The van der Waals surface area contributed by atoms with Crippen molar-refractivity contribution in [3.63, 3.8) is 0 Å². The van der Waals surface area contributed by atoms with Crippen LogP contribution in [0.5, 0.6) is 0 Å². The molecule has 1 aromatic rings. The molecule has 0 radical (unpaired) electrons. The largest absolute Gasteiger partial charge is 0.377 e. The average Bonchev–Trinajstić information content (AvgIpc) is 2.46. The molecule has 1 saturated carbocycles. The first kappa shape index (κ1) is 14.1. The molecule has 1 unspecified atom stereocenters. The Labute approximate surface area is 122 Å². The second-order valence-electron chi connectivity index (χ2n) is 6.58. The van der Waals surface area contributed by atoms with Crippen molar-refractivity contribution >= 4 is 0 Å². The van der Waals surface area contributed by atoms with Gasteiger partial charge >= 0.3 is 0 Å². The Balaban J connectivity index is 1.63. The number of methoxy groups -OCH3 is 1. The molecule has 1 fully saturated rings. The fourth-order valence-corrected chi connectivity index (χ4v) is 3.50. The van der Waals surface area contributed by atoms with Gasteiger partial charge in [0.15, 0.2) is 0 Å². The van der Waals surface area contributed by atoms with E-state index in [1.807, 2.05) is 7.11 Å². The predicted octanol–water partition coefficient (Wildman–Crippen LogP) is 3.79. The maximum Gasteiger partial charge on any atom is 0.0802 e.